The number of aryl methyl sites for hydroxylation is 1. The summed E-state index contributed by atoms with van der Waals surface area (Å²) in [7, 11) is -3.77. The smallest absolute Gasteiger partial charge is 0.265 e. The molecule has 19 heavy (non-hydrogen) atoms. The van der Waals surface area contributed by atoms with Crippen LogP contribution >= 0.6 is 11.6 Å². The van der Waals surface area contributed by atoms with Gasteiger partial charge in [-0.1, -0.05) is 17.7 Å². The number of nitrogens with one attached hydrogen (secondary N) is 1. The number of benzene rings is 1. The van der Waals surface area contributed by atoms with Crippen molar-refractivity contribution >= 4 is 33.0 Å². The summed E-state index contributed by atoms with van der Waals surface area (Å²) < 4.78 is 26.7. The molecule has 0 aliphatic carbocycles. The summed E-state index contributed by atoms with van der Waals surface area (Å²) in [5.41, 5.74) is 7.01. The van der Waals surface area contributed by atoms with Gasteiger partial charge in [0.25, 0.3) is 10.0 Å². The van der Waals surface area contributed by atoms with E-state index < -0.39 is 10.0 Å². The predicted octanol–water partition coefficient (Wildman–Crippen LogP) is 2.43. The maximum Gasteiger partial charge on any atom is 0.265 e. The Balaban J connectivity index is 2.37. The van der Waals surface area contributed by atoms with Gasteiger partial charge >= 0.3 is 0 Å². The minimum Gasteiger partial charge on any atom is -0.398 e. The maximum absolute atomic E-state index is 12.1. The van der Waals surface area contributed by atoms with Gasteiger partial charge in [-0.2, -0.15) is 0 Å². The number of hydrogen-bond acceptors (Lipinski definition) is 4. The molecule has 0 saturated heterocycles. The van der Waals surface area contributed by atoms with Crippen LogP contribution in [0.2, 0.25) is 5.02 Å². The lowest BCUT2D eigenvalue weighted by Gasteiger charge is -2.10. The molecular weight excluding hydrogens is 286 g/mol. The molecule has 0 aliphatic heterocycles. The molecule has 1 heterocycles. The monoisotopic (exact) mass is 297 g/mol. The molecule has 0 unspecified atom stereocenters. The van der Waals surface area contributed by atoms with E-state index in [0.29, 0.717) is 10.7 Å². The first-order chi connectivity index (χ1) is 8.90. The average molecular weight is 298 g/mol. The molecule has 0 aliphatic rings. The summed E-state index contributed by atoms with van der Waals surface area (Å²) in [5.74, 6) is 0. The molecule has 0 fully saturated rings. The van der Waals surface area contributed by atoms with Gasteiger partial charge in [-0.25, -0.2) is 8.42 Å². The van der Waals surface area contributed by atoms with E-state index >= 15 is 0 Å². The second kappa shape index (κ2) is 5.07. The quantitative estimate of drug-likeness (QED) is 0.911. The van der Waals surface area contributed by atoms with Crippen LogP contribution in [-0.4, -0.2) is 13.4 Å². The number of nitrogens with zero attached hydrogens (tertiary/aromatic N) is 1. The largest absolute Gasteiger partial charge is 0.398 e. The van der Waals surface area contributed by atoms with E-state index in [0.717, 1.165) is 5.56 Å². The van der Waals surface area contributed by atoms with E-state index in [2.05, 4.69) is 9.71 Å². The van der Waals surface area contributed by atoms with Crippen LogP contribution in [-0.2, 0) is 10.0 Å². The van der Waals surface area contributed by atoms with E-state index in [1.165, 1.54) is 18.5 Å². The highest BCUT2D eigenvalue weighted by Crippen LogP contribution is 2.24. The zero-order valence-electron chi connectivity index (χ0n) is 10.1. The fourth-order valence-corrected chi connectivity index (χ4v) is 2.79. The molecule has 0 spiro atoms. The van der Waals surface area contributed by atoms with Crippen LogP contribution in [0.25, 0.3) is 0 Å². The van der Waals surface area contributed by atoms with Crippen molar-refractivity contribution in [2.75, 3.05) is 10.5 Å². The molecule has 0 radical (unpaired) electrons. The molecule has 3 N–H and O–H groups in total. The normalized spacial score (nSPS) is 11.3. The van der Waals surface area contributed by atoms with Gasteiger partial charge in [0, 0.05) is 17.4 Å². The second-order valence-electron chi connectivity index (χ2n) is 3.98. The molecule has 0 saturated carbocycles. The third kappa shape index (κ3) is 2.97. The molecule has 2 aromatic rings. The predicted molar refractivity (Wildman–Crippen MR) is 75.6 cm³/mol. The van der Waals surface area contributed by atoms with E-state index in [-0.39, 0.29) is 10.6 Å². The van der Waals surface area contributed by atoms with Crippen molar-refractivity contribution in [3.63, 3.8) is 0 Å². The summed E-state index contributed by atoms with van der Waals surface area (Å²) >= 11 is 5.95. The van der Waals surface area contributed by atoms with Crippen LogP contribution in [0.1, 0.15) is 5.56 Å². The first-order valence-electron chi connectivity index (χ1n) is 5.38. The van der Waals surface area contributed by atoms with Crippen molar-refractivity contribution in [3.05, 3.63) is 47.2 Å². The number of nitrogen functional groups attached to an aromatic ring is 1. The number of rotatable bonds is 3. The molecule has 1 aromatic heterocycles. The molecule has 0 bridgehead atoms. The molecular formula is C12H12ClN3O2S. The van der Waals surface area contributed by atoms with Gasteiger partial charge in [0.15, 0.2) is 0 Å². The fourth-order valence-electron chi connectivity index (χ4n) is 1.48. The zero-order valence-corrected chi connectivity index (χ0v) is 11.7. The van der Waals surface area contributed by atoms with Gasteiger partial charge in [0.2, 0.25) is 0 Å². The topological polar surface area (TPSA) is 85.1 Å². The zero-order chi connectivity index (χ0) is 14.0. The molecule has 0 atom stereocenters. The minimum atomic E-state index is -3.77. The molecule has 5 nitrogen and oxygen atoms in total. The molecule has 7 heteroatoms. The van der Waals surface area contributed by atoms with Crippen molar-refractivity contribution in [2.24, 2.45) is 0 Å². The number of nitrogens with two attached hydrogens (primary N) is 1. The van der Waals surface area contributed by atoms with Gasteiger partial charge in [0.05, 0.1) is 11.4 Å². The van der Waals surface area contributed by atoms with Crippen LogP contribution in [0.15, 0.2) is 41.6 Å². The second-order valence-corrected chi connectivity index (χ2v) is 6.04. The fraction of sp³-hybridized carbons (Fsp3) is 0.0833. The van der Waals surface area contributed by atoms with Crippen molar-refractivity contribution in [1.29, 1.82) is 0 Å². The Hall–Kier alpha value is -1.79. The van der Waals surface area contributed by atoms with Gasteiger partial charge in [-0.3, -0.25) is 9.71 Å². The Morgan fingerprint density at radius 1 is 1.32 bits per heavy atom. The first kappa shape index (κ1) is 13.6. The number of sulfonamides is 1. The highest BCUT2D eigenvalue weighted by Gasteiger charge is 2.17. The Labute approximate surface area is 116 Å². The van der Waals surface area contributed by atoms with Crippen LogP contribution < -0.4 is 10.5 Å². The van der Waals surface area contributed by atoms with E-state index in [4.69, 9.17) is 17.3 Å². The third-order valence-corrected chi connectivity index (χ3v) is 4.36. The van der Waals surface area contributed by atoms with Gasteiger partial charge in [0.1, 0.15) is 4.90 Å². The number of pyridine rings is 1. The third-order valence-electron chi connectivity index (χ3n) is 2.53. The Morgan fingerprint density at radius 3 is 2.68 bits per heavy atom. The SMILES string of the molecule is Cc1ccc(NS(=O)(=O)c2cnccc2N)cc1Cl. The Bertz CT molecular complexity index is 717. The summed E-state index contributed by atoms with van der Waals surface area (Å²) in [6.45, 7) is 1.83. The molecule has 2 rings (SSSR count). The van der Waals surface area contributed by atoms with E-state index in [9.17, 15) is 8.42 Å². The standard InChI is InChI=1S/C12H12ClN3O2S/c1-8-2-3-9(6-10(8)13)16-19(17,18)12-7-15-5-4-11(12)14/h2-7,16H,1H3,(H2,14,15). The van der Waals surface area contributed by atoms with Crippen LogP contribution in [0.5, 0.6) is 0 Å². The number of aromatic nitrogens is 1. The minimum absolute atomic E-state index is 0.0632. The summed E-state index contributed by atoms with van der Waals surface area (Å²) in [5, 5.41) is 0.486. The lowest BCUT2D eigenvalue weighted by molar-refractivity contribution is 0.601. The van der Waals surface area contributed by atoms with Crippen molar-refractivity contribution in [3.8, 4) is 0 Å². The first-order valence-corrected chi connectivity index (χ1v) is 7.25. The van der Waals surface area contributed by atoms with E-state index in [1.54, 1.807) is 18.2 Å². The summed E-state index contributed by atoms with van der Waals surface area (Å²) in [6, 6.07) is 6.33. The lowest BCUT2D eigenvalue weighted by Crippen LogP contribution is -2.15. The number of halogens is 1. The Kier molecular flexibility index (Phi) is 3.64. The van der Waals surface area contributed by atoms with Gasteiger partial charge in [-0.15, -0.1) is 0 Å². The van der Waals surface area contributed by atoms with Crippen LogP contribution in [0.4, 0.5) is 11.4 Å². The number of anilines is 2. The van der Waals surface area contributed by atoms with Gasteiger partial charge < -0.3 is 5.73 Å². The molecule has 0 amide bonds. The van der Waals surface area contributed by atoms with Crippen molar-refractivity contribution in [2.45, 2.75) is 11.8 Å². The van der Waals surface area contributed by atoms with Gasteiger partial charge in [-0.05, 0) is 30.7 Å². The number of hydrogen-bond donors (Lipinski definition) is 2. The highest BCUT2D eigenvalue weighted by molar-refractivity contribution is 7.92. The lowest BCUT2D eigenvalue weighted by atomic mass is 10.2. The van der Waals surface area contributed by atoms with Crippen molar-refractivity contribution in [1.82, 2.24) is 4.98 Å². The van der Waals surface area contributed by atoms with Crippen LogP contribution in [0, 0.1) is 6.92 Å². The maximum atomic E-state index is 12.1. The molecule has 100 valence electrons. The average Bonchev–Trinajstić information content (AvgIpc) is 2.34. The van der Waals surface area contributed by atoms with E-state index in [1.807, 2.05) is 6.92 Å². The Morgan fingerprint density at radius 2 is 2.05 bits per heavy atom. The van der Waals surface area contributed by atoms with Crippen LogP contribution in [0.3, 0.4) is 0 Å². The van der Waals surface area contributed by atoms with Crippen molar-refractivity contribution < 1.29 is 8.42 Å². The highest BCUT2D eigenvalue weighted by atomic mass is 35.5. The molecule has 1 aromatic carbocycles. The summed E-state index contributed by atoms with van der Waals surface area (Å²) in [6.07, 6.45) is 2.63. The summed E-state index contributed by atoms with van der Waals surface area (Å²) in [4.78, 5) is 3.70.